The lowest BCUT2D eigenvalue weighted by Gasteiger charge is -2.40. The Morgan fingerprint density at radius 3 is 1.95 bits per heavy atom. The monoisotopic (exact) mass is 315 g/mol. The Bertz CT molecular complexity index is 274. The molecule has 0 fully saturated rings. The third-order valence-corrected chi connectivity index (χ3v) is 4.43. The zero-order valence-electron chi connectivity index (χ0n) is 15.0. The van der Waals surface area contributed by atoms with Gasteiger partial charge in [0.15, 0.2) is 0 Å². The molecule has 0 aliphatic rings. The van der Waals surface area contributed by atoms with Crippen molar-refractivity contribution < 1.29 is 19.5 Å². The van der Waals surface area contributed by atoms with Gasteiger partial charge in [-0.1, -0.05) is 59.3 Å². The van der Waals surface area contributed by atoms with Gasteiger partial charge in [0.1, 0.15) is 19.2 Å². The van der Waals surface area contributed by atoms with Gasteiger partial charge in [-0.25, -0.2) is 0 Å². The van der Waals surface area contributed by atoms with E-state index in [0.29, 0.717) is 11.0 Å². The van der Waals surface area contributed by atoms with E-state index >= 15 is 0 Å². The highest BCUT2D eigenvalue weighted by Crippen LogP contribution is 2.16. The summed E-state index contributed by atoms with van der Waals surface area (Å²) < 4.78 is 0.485. The van der Waals surface area contributed by atoms with Gasteiger partial charge < -0.3 is 19.5 Å². The number of carboxylic acids is 1. The van der Waals surface area contributed by atoms with Gasteiger partial charge in [0.2, 0.25) is 0 Å². The van der Waals surface area contributed by atoms with Crippen molar-refractivity contribution in [3.8, 4) is 0 Å². The second-order valence-electron chi connectivity index (χ2n) is 6.71. The van der Waals surface area contributed by atoms with Gasteiger partial charge in [-0.2, -0.15) is 0 Å². The van der Waals surface area contributed by atoms with Crippen LogP contribution in [0.15, 0.2) is 0 Å². The van der Waals surface area contributed by atoms with Crippen LogP contribution in [-0.4, -0.2) is 47.8 Å². The predicted octanol–water partition coefficient (Wildman–Crippen LogP) is 2.48. The van der Waals surface area contributed by atoms with Crippen LogP contribution in [-0.2, 0) is 4.79 Å². The van der Waals surface area contributed by atoms with Crippen LogP contribution in [0.25, 0.3) is 0 Å². The molecule has 0 aromatic carbocycles. The maximum absolute atomic E-state index is 11.2. The normalized spacial score (nSPS) is 13.3. The standard InChI is InChI=1S/C18H37NO3/c1-4-7-10-11-12-17(20)15-19(13-8-5-2,14-9-6-3)16-18(21)22/h17,20H,4-16H2,1-3H3. The molecule has 0 amide bonds. The average Bonchev–Trinajstić information content (AvgIpc) is 2.47. The highest BCUT2D eigenvalue weighted by Gasteiger charge is 2.29. The summed E-state index contributed by atoms with van der Waals surface area (Å²) in [6.07, 6.45) is 9.05. The van der Waals surface area contributed by atoms with Gasteiger partial charge in [0, 0.05) is 0 Å². The number of carbonyl (C=O) groups is 1. The molecule has 0 saturated heterocycles. The lowest BCUT2D eigenvalue weighted by atomic mass is 10.1. The molecule has 132 valence electrons. The molecule has 1 unspecified atom stereocenters. The van der Waals surface area contributed by atoms with Crippen LogP contribution >= 0.6 is 0 Å². The minimum absolute atomic E-state index is 0.0337. The minimum Gasteiger partial charge on any atom is -0.544 e. The van der Waals surface area contributed by atoms with E-state index in [1.54, 1.807) is 0 Å². The van der Waals surface area contributed by atoms with Gasteiger partial charge >= 0.3 is 0 Å². The number of quaternary nitrogens is 1. The summed E-state index contributed by atoms with van der Waals surface area (Å²) in [4.78, 5) is 11.2. The van der Waals surface area contributed by atoms with Crippen molar-refractivity contribution in [2.24, 2.45) is 0 Å². The number of aliphatic carboxylic acids is 1. The number of carbonyl (C=O) groups excluding carboxylic acids is 1. The van der Waals surface area contributed by atoms with Crippen LogP contribution in [0.3, 0.4) is 0 Å². The van der Waals surface area contributed by atoms with Crippen molar-refractivity contribution in [1.82, 2.24) is 0 Å². The van der Waals surface area contributed by atoms with E-state index in [-0.39, 0.29) is 6.54 Å². The number of hydrogen-bond donors (Lipinski definition) is 1. The number of unbranched alkanes of at least 4 members (excludes halogenated alkanes) is 5. The highest BCUT2D eigenvalue weighted by atomic mass is 16.4. The Balaban J connectivity index is 4.65. The molecular formula is C18H37NO3. The molecule has 0 aliphatic heterocycles. The molecule has 0 aromatic heterocycles. The fourth-order valence-corrected chi connectivity index (χ4v) is 3.12. The fraction of sp³-hybridized carbons (Fsp3) is 0.944. The number of rotatable bonds is 15. The van der Waals surface area contributed by atoms with Crippen LogP contribution < -0.4 is 5.11 Å². The zero-order valence-corrected chi connectivity index (χ0v) is 15.0. The lowest BCUT2D eigenvalue weighted by molar-refractivity contribution is -0.926. The van der Waals surface area contributed by atoms with Crippen molar-refractivity contribution in [2.45, 2.75) is 84.7 Å². The quantitative estimate of drug-likeness (QED) is 0.373. The van der Waals surface area contributed by atoms with Crippen LogP contribution in [0, 0.1) is 0 Å². The Labute approximate surface area is 137 Å². The minimum atomic E-state index is -0.995. The molecule has 0 bridgehead atoms. The van der Waals surface area contributed by atoms with Crippen LogP contribution in [0.2, 0.25) is 0 Å². The van der Waals surface area contributed by atoms with Crippen molar-refractivity contribution in [3.63, 3.8) is 0 Å². The topological polar surface area (TPSA) is 60.4 Å². The van der Waals surface area contributed by atoms with Crippen molar-refractivity contribution >= 4 is 5.97 Å². The van der Waals surface area contributed by atoms with Gasteiger partial charge in [0.05, 0.1) is 19.1 Å². The lowest BCUT2D eigenvalue weighted by Crippen LogP contribution is -2.58. The van der Waals surface area contributed by atoms with Crippen molar-refractivity contribution in [1.29, 1.82) is 0 Å². The fourth-order valence-electron chi connectivity index (χ4n) is 3.12. The molecule has 0 heterocycles. The molecular weight excluding hydrogens is 278 g/mol. The number of carboxylic acid groups (broad SMARTS) is 1. The number of hydrogen-bond acceptors (Lipinski definition) is 3. The van der Waals surface area contributed by atoms with E-state index in [1.807, 2.05) is 0 Å². The molecule has 0 radical (unpaired) electrons. The Morgan fingerprint density at radius 2 is 1.50 bits per heavy atom. The average molecular weight is 315 g/mol. The van der Waals surface area contributed by atoms with Gasteiger partial charge in [-0.15, -0.1) is 0 Å². The second kappa shape index (κ2) is 12.9. The first-order valence-corrected chi connectivity index (χ1v) is 9.22. The van der Waals surface area contributed by atoms with E-state index in [2.05, 4.69) is 20.8 Å². The molecule has 0 aromatic rings. The first-order chi connectivity index (χ1) is 10.5. The van der Waals surface area contributed by atoms with Crippen molar-refractivity contribution in [3.05, 3.63) is 0 Å². The molecule has 4 heteroatoms. The van der Waals surface area contributed by atoms with Gasteiger partial charge in [-0.05, 0) is 19.3 Å². The van der Waals surface area contributed by atoms with E-state index in [1.165, 1.54) is 12.8 Å². The summed E-state index contributed by atoms with van der Waals surface area (Å²) in [5.41, 5.74) is 0. The molecule has 0 rings (SSSR count). The largest absolute Gasteiger partial charge is 0.544 e. The molecule has 0 aliphatic carbocycles. The number of aliphatic hydroxyl groups excluding tert-OH is 1. The van der Waals surface area contributed by atoms with E-state index in [9.17, 15) is 15.0 Å². The second-order valence-corrected chi connectivity index (χ2v) is 6.71. The van der Waals surface area contributed by atoms with Crippen LogP contribution in [0.1, 0.15) is 78.6 Å². The molecule has 1 N–H and O–H groups in total. The molecule has 1 atom stereocenters. The highest BCUT2D eigenvalue weighted by molar-refractivity contribution is 5.65. The zero-order chi connectivity index (χ0) is 16.8. The molecule has 0 saturated carbocycles. The summed E-state index contributed by atoms with van der Waals surface area (Å²) in [7, 11) is 0. The summed E-state index contributed by atoms with van der Waals surface area (Å²) in [5, 5.41) is 21.6. The number of nitrogens with zero attached hydrogens (tertiary/aromatic N) is 1. The summed E-state index contributed by atoms with van der Waals surface area (Å²) >= 11 is 0. The van der Waals surface area contributed by atoms with Crippen LogP contribution in [0.5, 0.6) is 0 Å². The SMILES string of the molecule is CCCCCCC(O)C[N+](CCCC)(CCCC)CC(=O)[O-]. The molecule has 0 spiro atoms. The smallest absolute Gasteiger partial charge is 0.119 e. The first kappa shape index (κ1) is 21.4. The van der Waals surface area contributed by atoms with Gasteiger partial charge in [-0.3, -0.25) is 0 Å². The maximum Gasteiger partial charge on any atom is 0.119 e. The van der Waals surface area contributed by atoms with E-state index in [0.717, 1.165) is 58.0 Å². The summed E-state index contributed by atoms with van der Waals surface area (Å²) in [6, 6.07) is 0. The molecule has 4 nitrogen and oxygen atoms in total. The van der Waals surface area contributed by atoms with Gasteiger partial charge in [0.25, 0.3) is 0 Å². The predicted molar refractivity (Wildman–Crippen MR) is 89.3 cm³/mol. The van der Waals surface area contributed by atoms with E-state index < -0.39 is 12.1 Å². The third kappa shape index (κ3) is 10.2. The maximum atomic E-state index is 11.2. The summed E-state index contributed by atoms with van der Waals surface area (Å²) in [5.74, 6) is -0.995. The Kier molecular flexibility index (Phi) is 12.5. The first-order valence-electron chi connectivity index (χ1n) is 9.22. The number of aliphatic hydroxyl groups is 1. The third-order valence-electron chi connectivity index (χ3n) is 4.43. The summed E-state index contributed by atoms with van der Waals surface area (Å²) in [6.45, 7) is 8.66. The van der Waals surface area contributed by atoms with Crippen molar-refractivity contribution in [2.75, 3.05) is 26.2 Å². The molecule has 22 heavy (non-hydrogen) atoms. The Morgan fingerprint density at radius 1 is 0.955 bits per heavy atom. The van der Waals surface area contributed by atoms with E-state index in [4.69, 9.17) is 0 Å². The Hall–Kier alpha value is -0.610. The van der Waals surface area contributed by atoms with Crippen LogP contribution in [0.4, 0.5) is 0 Å².